The average molecular weight is 578 g/mol. The second-order valence-electron chi connectivity index (χ2n) is 11.9. The zero-order valence-corrected chi connectivity index (χ0v) is 26.3. The van der Waals surface area contributed by atoms with Crippen molar-refractivity contribution in [3.05, 3.63) is 59.9 Å². The number of amides is 2. The number of carbonyl (C=O) groups is 1. The van der Waals surface area contributed by atoms with Crippen molar-refractivity contribution in [3.63, 3.8) is 0 Å². The molecule has 2 N–H and O–H groups in total. The van der Waals surface area contributed by atoms with Crippen LogP contribution in [0.25, 0.3) is 11.1 Å². The van der Waals surface area contributed by atoms with Crippen LogP contribution in [0.2, 0.25) is 18.1 Å². The average Bonchev–Trinajstić information content (AvgIpc) is 2.93. The minimum atomic E-state index is -1.86. The van der Waals surface area contributed by atoms with Gasteiger partial charge in [0, 0.05) is 30.5 Å². The molecule has 0 atom stereocenters. The number of rotatable bonds is 9. The van der Waals surface area contributed by atoms with E-state index in [2.05, 4.69) is 67.4 Å². The summed E-state index contributed by atoms with van der Waals surface area (Å²) >= 11 is 0. The van der Waals surface area contributed by atoms with Crippen LogP contribution in [0.4, 0.5) is 22.0 Å². The van der Waals surface area contributed by atoms with Crippen LogP contribution in [0.3, 0.4) is 0 Å². The number of morpholine rings is 1. The minimum Gasteiger partial charge on any atom is -0.475 e. The molecule has 41 heavy (non-hydrogen) atoms. The fraction of sp³-hybridized carbons (Fsp3) is 0.452. The third-order valence-corrected chi connectivity index (χ3v) is 12.2. The molecule has 0 radical (unpaired) electrons. The van der Waals surface area contributed by atoms with E-state index in [1.165, 1.54) is 0 Å². The number of nitrogens with zero attached hydrogens (tertiary/aromatic N) is 3. The third kappa shape index (κ3) is 8.28. The van der Waals surface area contributed by atoms with Crippen LogP contribution in [0.15, 0.2) is 48.7 Å². The summed E-state index contributed by atoms with van der Waals surface area (Å²) in [5.74, 6) is 1.39. The number of nitrogens with one attached hydrogen (secondary N) is 2. The van der Waals surface area contributed by atoms with Gasteiger partial charge in [0.05, 0.1) is 31.7 Å². The van der Waals surface area contributed by atoms with Crippen molar-refractivity contribution in [2.75, 3.05) is 55.1 Å². The van der Waals surface area contributed by atoms with Crippen LogP contribution < -0.4 is 20.3 Å². The van der Waals surface area contributed by atoms with E-state index in [0.29, 0.717) is 43.7 Å². The van der Waals surface area contributed by atoms with Crippen LogP contribution in [0, 0.1) is 13.8 Å². The first-order chi connectivity index (χ1) is 19.4. The van der Waals surface area contributed by atoms with Gasteiger partial charge in [-0.3, -0.25) is 4.98 Å². The fourth-order valence-electron chi connectivity index (χ4n) is 4.18. The lowest BCUT2D eigenvalue weighted by Gasteiger charge is -2.36. The minimum absolute atomic E-state index is 0.138. The van der Waals surface area contributed by atoms with Crippen molar-refractivity contribution in [3.8, 4) is 17.0 Å². The van der Waals surface area contributed by atoms with Gasteiger partial charge in [-0.1, -0.05) is 26.8 Å². The lowest BCUT2D eigenvalue weighted by atomic mass is 10.0. The Hall–Kier alpha value is -3.47. The van der Waals surface area contributed by atoms with E-state index in [0.717, 1.165) is 41.3 Å². The molecule has 2 amide bonds. The highest BCUT2D eigenvalue weighted by Gasteiger charge is 2.36. The Balaban J connectivity index is 1.54. The zero-order chi connectivity index (χ0) is 29.6. The molecule has 1 saturated heterocycles. The number of anilines is 3. The molecule has 2 aromatic heterocycles. The Morgan fingerprint density at radius 2 is 1.71 bits per heavy atom. The van der Waals surface area contributed by atoms with Crippen molar-refractivity contribution in [2.45, 2.75) is 52.8 Å². The van der Waals surface area contributed by atoms with Crippen LogP contribution in [-0.4, -0.2) is 63.8 Å². The number of ether oxygens (including phenoxy) is 2. The maximum atomic E-state index is 12.7. The molecule has 1 aromatic carbocycles. The van der Waals surface area contributed by atoms with E-state index < -0.39 is 8.32 Å². The van der Waals surface area contributed by atoms with Crippen molar-refractivity contribution >= 4 is 31.5 Å². The molecule has 0 bridgehead atoms. The Morgan fingerprint density at radius 3 is 2.39 bits per heavy atom. The number of carbonyl (C=O) groups excluding carboxylic acids is 1. The molecule has 10 heteroatoms. The molecule has 0 aliphatic carbocycles. The highest BCUT2D eigenvalue weighted by Crippen LogP contribution is 2.36. The Morgan fingerprint density at radius 1 is 1.00 bits per heavy atom. The first-order valence-electron chi connectivity index (χ1n) is 14.1. The van der Waals surface area contributed by atoms with E-state index >= 15 is 0 Å². The summed E-state index contributed by atoms with van der Waals surface area (Å²) in [4.78, 5) is 24.0. The summed E-state index contributed by atoms with van der Waals surface area (Å²) < 4.78 is 18.0. The summed E-state index contributed by atoms with van der Waals surface area (Å²) in [5, 5.41) is 5.91. The van der Waals surface area contributed by atoms with Crippen LogP contribution in [0.5, 0.6) is 5.88 Å². The van der Waals surface area contributed by atoms with Gasteiger partial charge < -0.3 is 29.4 Å². The highest BCUT2D eigenvalue weighted by atomic mass is 28.4. The van der Waals surface area contributed by atoms with Crippen molar-refractivity contribution in [2.24, 2.45) is 0 Å². The van der Waals surface area contributed by atoms with Crippen LogP contribution in [-0.2, 0) is 9.16 Å². The number of benzene rings is 1. The largest absolute Gasteiger partial charge is 0.475 e. The van der Waals surface area contributed by atoms with Gasteiger partial charge in [0.1, 0.15) is 12.4 Å². The predicted octanol–water partition coefficient (Wildman–Crippen LogP) is 6.64. The standard InChI is InChI=1S/C31H43N5O4Si/c1-22-8-10-25(33-30(37)34-26-11-9-23(2)32-21-26)20-27(22)24-18-28(36-12-14-38-15-13-36)35-29(19-24)39-16-17-40-41(6,7)31(3,4)5/h8-11,18-21H,12-17H2,1-7H3,(H2,33,34,37). The van der Waals surface area contributed by atoms with E-state index in [1.54, 1.807) is 6.20 Å². The molecule has 3 heterocycles. The van der Waals surface area contributed by atoms with Crippen LogP contribution >= 0.6 is 0 Å². The summed E-state index contributed by atoms with van der Waals surface area (Å²) in [7, 11) is -1.86. The predicted molar refractivity (Wildman–Crippen MR) is 168 cm³/mol. The molecule has 220 valence electrons. The number of aryl methyl sites for hydroxylation is 2. The zero-order valence-electron chi connectivity index (χ0n) is 25.3. The van der Waals surface area contributed by atoms with Crippen molar-refractivity contribution in [1.29, 1.82) is 0 Å². The van der Waals surface area contributed by atoms with Gasteiger partial charge in [-0.05, 0) is 79.0 Å². The first kappa shape index (κ1) is 30.5. The number of hydrogen-bond acceptors (Lipinski definition) is 7. The quantitative estimate of drug-likeness (QED) is 0.217. The number of pyridine rings is 2. The molecular formula is C31H43N5O4Si. The maximum absolute atomic E-state index is 12.7. The molecule has 0 spiro atoms. The normalized spacial score (nSPS) is 14.1. The Kier molecular flexibility index (Phi) is 9.67. The van der Waals surface area contributed by atoms with E-state index in [-0.39, 0.29) is 11.1 Å². The molecule has 9 nitrogen and oxygen atoms in total. The lowest BCUT2D eigenvalue weighted by Crippen LogP contribution is -2.41. The van der Waals surface area contributed by atoms with Gasteiger partial charge >= 0.3 is 6.03 Å². The number of aromatic nitrogens is 2. The van der Waals surface area contributed by atoms with Gasteiger partial charge in [0.15, 0.2) is 8.32 Å². The number of hydrogen-bond donors (Lipinski definition) is 2. The third-order valence-electron chi connectivity index (χ3n) is 7.70. The summed E-state index contributed by atoms with van der Waals surface area (Å²) in [6, 6.07) is 13.3. The van der Waals surface area contributed by atoms with Gasteiger partial charge in [-0.25, -0.2) is 4.79 Å². The Labute approximate surface area is 244 Å². The molecule has 0 unspecified atom stereocenters. The summed E-state index contributed by atoms with van der Waals surface area (Å²) in [6.45, 7) is 18.9. The molecule has 4 rings (SSSR count). The molecule has 1 aliphatic heterocycles. The summed E-state index contributed by atoms with van der Waals surface area (Å²) in [5.41, 5.74) is 5.22. The van der Waals surface area contributed by atoms with E-state index in [1.807, 2.05) is 43.3 Å². The fourth-order valence-corrected chi connectivity index (χ4v) is 5.21. The van der Waals surface area contributed by atoms with Gasteiger partial charge in [-0.2, -0.15) is 4.98 Å². The van der Waals surface area contributed by atoms with E-state index in [4.69, 9.17) is 18.9 Å². The number of urea groups is 1. The van der Waals surface area contributed by atoms with Crippen molar-refractivity contribution in [1.82, 2.24) is 9.97 Å². The van der Waals surface area contributed by atoms with Gasteiger partial charge in [0.25, 0.3) is 0 Å². The highest BCUT2D eigenvalue weighted by molar-refractivity contribution is 6.74. The molecule has 3 aromatic rings. The van der Waals surface area contributed by atoms with Gasteiger partial charge in [-0.15, -0.1) is 0 Å². The lowest BCUT2D eigenvalue weighted by molar-refractivity contribution is 0.122. The van der Waals surface area contributed by atoms with Crippen molar-refractivity contribution < 1.29 is 18.7 Å². The monoisotopic (exact) mass is 577 g/mol. The molecule has 1 aliphatic rings. The first-order valence-corrected chi connectivity index (χ1v) is 17.1. The Bertz CT molecular complexity index is 1340. The molecule has 1 fully saturated rings. The SMILES string of the molecule is Cc1ccc(NC(=O)Nc2ccc(C)c(-c3cc(OCCO[Si](C)(C)C(C)(C)C)nc(N4CCOCC4)c3)c2)cn1. The second kappa shape index (κ2) is 13.0. The molecule has 0 saturated carbocycles. The second-order valence-corrected chi connectivity index (χ2v) is 16.7. The summed E-state index contributed by atoms with van der Waals surface area (Å²) in [6.07, 6.45) is 1.64. The molecular weight excluding hydrogens is 534 g/mol. The topological polar surface area (TPSA) is 97.8 Å². The smallest absolute Gasteiger partial charge is 0.323 e. The maximum Gasteiger partial charge on any atom is 0.323 e. The van der Waals surface area contributed by atoms with E-state index in [9.17, 15) is 4.79 Å². The van der Waals surface area contributed by atoms with Crippen LogP contribution in [0.1, 0.15) is 32.0 Å². The van der Waals surface area contributed by atoms with Gasteiger partial charge in [0.2, 0.25) is 5.88 Å².